The minimum atomic E-state index is 0.162. The molecule has 0 amide bonds. The minimum Gasteiger partial charge on any atom is -0.330 e. The largest absolute Gasteiger partial charge is 0.330 e. The third-order valence-corrected chi connectivity index (χ3v) is 3.69. The first-order valence-corrected chi connectivity index (χ1v) is 7.16. The fraction of sp³-hybridized carbons (Fsp3) is 0.647. The molecule has 0 aliphatic heterocycles. The van der Waals surface area contributed by atoms with Crippen LogP contribution in [0.1, 0.15) is 51.3 Å². The van der Waals surface area contributed by atoms with Crippen molar-refractivity contribution in [3.8, 4) is 0 Å². The summed E-state index contributed by atoms with van der Waals surface area (Å²) in [7, 11) is 0. The van der Waals surface area contributed by atoms with Gasteiger partial charge in [0.05, 0.1) is 0 Å². The summed E-state index contributed by atoms with van der Waals surface area (Å²) in [6.45, 7) is 15.9. The first-order chi connectivity index (χ1) is 8.65. The Morgan fingerprint density at radius 3 is 2.26 bits per heavy atom. The van der Waals surface area contributed by atoms with E-state index in [2.05, 4.69) is 65.1 Å². The zero-order valence-corrected chi connectivity index (χ0v) is 13.4. The second kappa shape index (κ2) is 6.06. The van der Waals surface area contributed by atoms with Crippen LogP contribution in [-0.2, 0) is 12.0 Å². The summed E-state index contributed by atoms with van der Waals surface area (Å²) < 4.78 is 0. The Bertz CT molecular complexity index is 414. The molecule has 19 heavy (non-hydrogen) atoms. The van der Waals surface area contributed by atoms with Crippen LogP contribution in [0.2, 0.25) is 0 Å². The molecule has 0 aliphatic rings. The number of hydrogen-bond acceptors (Lipinski definition) is 2. The molecule has 3 N–H and O–H groups in total. The Labute approximate surface area is 118 Å². The van der Waals surface area contributed by atoms with Crippen molar-refractivity contribution < 1.29 is 0 Å². The van der Waals surface area contributed by atoms with E-state index in [0.717, 1.165) is 13.1 Å². The SMILES string of the molecule is Cc1ccc(C(C)(C)C)cc1CNCC(C)(C)CN. The Morgan fingerprint density at radius 2 is 1.74 bits per heavy atom. The predicted molar refractivity (Wildman–Crippen MR) is 84.4 cm³/mol. The van der Waals surface area contributed by atoms with E-state index in [4.69, 9.17) is 5.73 Å². The van der Waals surface area contributed by atoms with E-state index in [1.165, 1.54) is 16.7 Å². The fourth-order valence-corrected chi connectivity index (χ4v) is 1.94. The highest BCUT2D eigenvalue weighted by molar-refractivity contribution is 5.34. The highest BCUT2D eigenvalue weighted by Crippen LogP contribution is 2.24. The van der Waals surface area contributed by atoms with Gasteiger partial charge in [-0.3, -0.25) is 0 Å². The van der Waals surface area contributed by atoms with Crippen molar-refractivity contribution >= 4 is 0 Å². The van der Waals surface area contributed by atoms with Gasteiger partial charge in [-0.25, -0.2) is 0 Å². The van der Waals surface area contributed by atoms with Crippen molar-refractivity contribution in [1.82, 2.24) is 5.32 Å². The van der Waals surface area contributed by atoms with Crippen LogP contribution in [-0.4, -0.2) is 13.1 Å². The monoisotopic (exact) mass is 262 g/mol. The van der Waals surface area contributed by atoms with Crippen molar-refractivity contribution in [2.24, 2.45) is 11.1 Å². The molecule has 108 valence electrons. The molecule has 0 heterocycles. The Balaban J connectivity index is 2.73. The molecule has 0 bridgehead atoms. The van der Waals surface area contributed by atoms with Crippen LogP contribution in [0.15, 0.2) is 18.2 Å². The molecule has 0 unspecified atom stereocenters. The molecule has 0 atom stereocenters. The highest BCUT2D eigenvalue weighted by Gasteiger charge is 2.16. The first-order valence-electron chi connectivity index (χ1n) is 7.16. The maximum Gasteiger partial charge on any atom is 0.0208 e. The highest BCUT2D eigenvalue weighted by atomic mass is 14.9. The van der Waals surface area contributed by atoms with Gasteiger partial charge >= 0.3 is 0 Å². The minimum absolute atomic E-state index is 0.162. The lowest BCUT2D eigenvalue weighted by molar-refractivity contribution is 0.351. The van der Waals surface area contributed by atoms with Gasteiger partial charge in [0.2, 0.25) is 0 Å². The number of rotatable bonds is 5. The average Bonchev–Trinajstić information content (AvgIpc) is 2.30. The first kappa shape index (κ1) is 16.2. The van der Waals surface area contributed by atoms with E-state index >= 15 is 0 Å². The number of hydrogen-bond donors (Lipinski definition) is 2. The van der Waals surface area contributed by atoms with Crippen molar-refractivity contribution in [3.05, 3.63) is 34.9 Å². The van der Waals surface area contributed by atoms with Gasteiger partial charge in [-0.05, 0) is 41.0 Å². The second-order valence-electron chi connectivity index (χ2n) is 7.36. The molecule has 0 radical (unpaired) electrons. The zero-order chi connectivity index (χ0) is 14.7. The number of benzene rings is 1. The van der Waals surface area contributed by atoms with Crippen molar-refractivity contribution in [2.45, 2.75) is 53.5 Å². The Hall–Kier alpha value is -0.860. The van der Waals surface area contributed by atoms with E-state index in [9.17, 15) is 0 Å². The second-order valence-corrected chi connectivity index (χ2v) is 7.36. The van der Waals surface area contributed by atoms with Gasteiger partial charge in [0.25, 0.3) is 0 Å². The molecule has 0 saturated carbocycles. The van der Waals surface area contributed by atoms with E-state index in [1.807, 2.05) is 0 Å². The summed E-state index contributed by atoms with van der Waals surface area (Å²) in [5, 5.41) is 3.53. The molecule has 1 rings (SSSR count). The third-order valence-electron chi connectivity index (χ3n) is 3.69. The molecule has 2 nitrogen and oxygen atoms in total. The van der Waals surface area contributed by atoms with Gasteiger partial charge in [0.1, 0.15) is 0 Å². The molecular weight excluding hydrogens is 232 g/mol. The molecule has 0 aromatic heterocycles. The van der Waals surface area contributed by atoms with Crippen LogP contribution in [0.5, 0.6) is 0 Å². The normalized spacial score (nSPS) is 12.8. The lowest BCUT2D eigenvalue weighted by atomic mass is 9.85. The van der Waals surface area contributed by atoms with Gasteiger partial charge in [-0.1, -0.05) is 52.8 Å². The quantitative estimate of drug-likeness (QED) is 0.854. The number of nitrogens with one attached hydrogen (secondary N) is 1. The van der Waals surface area contributed by atoms with Gasteiger partial charge in [-0.2, -0.15) is 0 Å². The molecule has 0 fully saturated rings. The lowest BCUT2D eigenvalue weighted by Gasteiger charge is -2.24. The molecule has 0 saturated heterocycles. The predicted octanol–water partition coefficient (Wildman–Crippen LogP) is 3.37. The summed E-state index contributed by atoms with van der Waals surface area (Å²) in [5.74, 6) is 0. The van der Waals surface area contributed by atoms with Crippen molar-refractivity contribution in [1.29, 1.82) is 0 Å². The molecule has 1 aromatic carbocycles. The summed E-state index contributed by atoms with van der Waals surface area (Å²) in [5.41, 5.74) is 10.3. The smallest absolute Gasteiger partial charge is 0.0208 e. The lowest BCUT2D eigenvalue weighted by Crippen LogP contribution is -2.35. The summed E-state index contributed by atoms with van der Waals surface area (Å²) in [6, 6.07) is 6.80. The maximum atomic E-state index is 5.76. The molecule has 0 aliphatic carbocycles. The Kier molecular flexibility index (Phi) is 5.17. The fourth-order valence-electron chi connectivity index (χ4n) is 1.94. The van der Waals surface area contributed by atoms with E-state index in [0.29, 0.717) is 6.54 Å². The van der Waals surface area contributed by atoms with Gasteiger partial charge in [0, 0.05) is 13.1 Å². The van der Waals surface area contributed by atoms with E-state index < -0.39 is 0 Å². The molecule has 2 heteroatoms. The van der Waals surface area contributed by atoms with Gasteiger partial charge < -0.3 is 11.1 Å². The topological polar surface area (TPSA) is 38.0 Å². The molecule has 1 aromatic rings. The van der Waals surface area contributed by atoms with Crippen LogP contribution in [0.4, 0.5) is 0 Å². The standard InChI is InChI=1S/C17H30N2/c1-13-7-8-15(16(2,3)4)9-14(13)10-19-12-17(5,6)11-18/h7-9,19H,10-12,18H2,1-6H3. The van der Waals surface area contributed by atoms with Gasteiger partial charge in [-0.15, -0.1) is 0 Å². The van der Waals surface area contributed by atoms with Crippen molar-refractivity contribution in [3.63, 3.8) is 0 Å². The Morgan fingerprint density at radius 1 is 1.11 bits per heavy atom. The van der Waals surface area contributed by atoms with Crippen LogP contribution < -0.4 is 11.1 Å². The van der Waals surface area contributed by atoms with Crippen LogP contribution in [0, 0.1) is 12.3 Å². The van der Waals surface area contributed by atoms with E-state index in [1.54, 1.807) is 0 Å². The van der Waals surface area contributed by atoms with E-state index in [-0.39, 0.29) is 10.8 Å². The van der Waals surface area contributed by atoms with Gasteiger partial charge in [0.15, 0.2) is 0 Å². The van der Waals surface area contributed by atoms with Crippen LogP contribution in [0.3, 0.4) is 0 Å². The zero-order valence-electron chi connectivity index (χ0n) is 13.4. The van der Waals surface area contributed by atoms with Crippen molar-refractivity contribution in [2.75, 3.05) is 13.1 Å². The van der Waals surface area contributed by atoms with Crippen LogP contribution in [0.25, 0.3) is 0 Å². The number of nitrogens with two attached hydrogens (primary N) is 1. The number of aryl methyl sites for hydroxylation is 1. The summed E-state index contributed by atoms with van der Waals surface area (Å²) >= 11 is 0. The average molecular weight is 262 g/mol. The maximum absolute atomic E-state index is 5.76. The molecular formula is C17H30N2. The van der Waals surface area contributed by atoms with Crippen LogP contribution >= 0.6 is 0 Å². The summed E-state index contributed by atoms with van der Waals surface area (Å²) in [4.78, 5) is 0. The summed E-state index contributed by atoms with van der Waals surface area (Å²) in [6.07, 6.45) is 0. The molecule has 0 spiro atoms. The third kappa shape index (κ3) is 4.96.